The molecule has 18 heavy (non-hydrogen) atoms. The molecule has 3 rings (SSSR count). The third-order valence-electron chi connectivity index (χ3n) is 3.37. The minimum atomic E-state index is 0.883. The van der Waals surface area contributed by atoms with Crippen LogP contribution >= 0.6 is 0 Å². The van der Waals surface area contributed by atoms with Gasteiger partial charge in [0.15, 0.2) is 0 Å². The number of hydrogen-bond donors (Lipinski definition) is 0. The fourth-order valence-corrected chi connectivity index (χ4v) is 2.29. The zero-order chi connectivity index (χ0) is 12.5. The van der Waals surface area contributed by atoms with E-state index in [0.29, 0.717) is 0 Å². The fourth-order valence-electron chi connectivity index (χ4n) is 2.29. The first-order chi connectivity index (χ1) is 8.74. The van der Waals surface area contributed by atoms with Crippen LogP contribution in [0.4, 0.5) is 0 Å². The van der Waals surface area contributed by atoms with E-state index in [0.717, 1.165) is 12.1 Å². The summed E-state index contributed by atoms with van der Waals surface area (Å²) < 4.78 is 2.21. The van der Waals surface area contributed by atoms with Gasteiger partial charge < -0.3 is 4.57 Å². The highest BCUT2D eigenvalue weighted by Crippen LogP contribution is 2.17. The van der Waals surface area contributed by atoms with Crippen molar-refractivity contribution in [3.63, 3.8) is 0 Å². The van der Waals surface area contributed by atoms with E-state index < -0.39 is 0 Å². The van der Waals surface area contributed by atoms with Crippen molar-refractivity contribution < 1.29 is 0 Å². The van der Waals surface area contributed by atoms with E-state index in [9.17, 15) is 0 Å². The molecule has 0 bridgehead atoms. The Labute approximate surface area is 107 Å². The second-order valence-corrected chi connectivity index (χ2v) is 4.79. The molecule has 3 aromatic rings. The Bertz CT molecular complexity index is 695. The van der Waals surface area contributed by atoms with Crippen molar-refractivity contribution >= 4 is 11.0 Å². The van der Waals surface area contributed by atoms with Crippen LogP contribution in [0.15, 0.2) is 48.8 Å². The van der Waals surface area contributed by atoms with Gasteiger partial charge in [-0.3, -0.25) is 0 Å². The molecule has 1 aromatic heterocycles. The van der Waals surface area contributed by atoms with Crippen LogP contribution in [0.2, 0.25) is 0 Å². The van der Waals surface area contributed by atoms with Gasteiger partial charge >= 0.3 is 0 Å². The molecular weight excluding hydrogens is 220 g/mol. The van der Waals surface area contributed by atoms with E-state index in [-0.39, 0.29) is 0 Å². The predicted octanol–water partition coefficient (Wildman–Crippen LogP) is 3.70. The summed E-state index contributed by atoms with van der Waals surface area (Å²) in [6.45, 7) is 5.18. The number of nitrogens with zero attached hydrogens (tertiary/aromatic N) is 2. The molecule has 2 heteroatoms. The number of aryl methyl sites for hydroxylation is 2. The normalized spacial score (nSPS) is 11.0. The summed E-state index contributed by atoms with van der Waals surface area (Å²) in [5, 5.41) is 0. The van der Waals surface area contributed by atoms with E-state index in [1.807, 2.05) is 12.4 Å². The molecule has 2 nitrogen and oxygen atoms in total. The predicted molar refractivity (Wildman–Crippen MR) is 74.8 cm³/mol. The van der Waals surface area contributed by atoms with Gasteiger partial charge in [0.05, 0.1) is 17.4 Å². The van der Waals surface area contributed by atoms with Crippen LogP contribution in [0.5, 0.6) is 0 Å². The largest absolute Gasteiger partial charge is 0.326 e. The molecule has 0 N–H and O–H groups in total. The molecule has 0 aliphatic carbocycles. The number of imidazole rings is 1. The van der Waals surface area contributed by atoms with Crippen molar-refractivity contribution in [1.82, 2.24) is 9.55 Å². The molecule has 0 amide bonds. The average molecular weight is 236 g/mol. The van der Waals surface area contributed by atoms with E-state index in [4.69, 9.17) is 0 Å². The van der Waals surface area contributed by atoms with Gasteiger partial charge in [-0.15, -0.1) is 0 Å². The minimum Gasteiger partial charge on any atom is -0.326 e. The highest BCUT2D eigenvalue weighted by Gasteiger charge is 2.04. The number of para-hydroxylation sites is 2. The zero-order valence-electron chi connectivity index (χ0n) is 10.7. The topological polar surface area (TPSA) is 17.8 Å². The van der Waals surface area contributed by atoms with E-state index in [1.165, 1.54) is 22.2 Å². The lowest BCUT2D eigenvalue weighted by molar-refractivity contribution is 0.817. The Morgan fingerprint density at radius 3 is 2.78 bits per heavy atom. The van der Waals surface area contributed by atoms with Crippen molar-refractivity contribution in [2.45, 2.75) is 20.4 Å². The Balaban J connectivity index is 2.04. The number of aromatic nitrogens is 2. The zero-order valence-corrected chi connectivity index (χ0v) is 10.7. The molecule has 0 atom stereocenters. The molecule has 0 unspecified atom stereocenters. The summed E-state index contributed by atoms with van der Waals surface area (Å²) in [4.78, 5) is 4.43. The lowest BCUT2D eigenvalue weighted by atomic mass is 10.1. The van der Waals surface area contributed by atoms with Crippen LogP contribution < -0.4 is 0 Å². The first kappa shape index (κ1) is 11.0. The standard InChI is InChI=1S/C16H16N2/c1-12-7-8-13(2)14(9-12)10-18-11-17-15-5-3-4-6-16(15)18/h3-9,11H,10H2,1-2H3. The molecule has 2 aromatic carbocycles. The van der Waals surface area contributed by atoms with Gasteiger partial charge in [-0.05, 0) is 37.1 Å². The maximum Gasteiger partial charge on any atom is 0.0961 e. The molecule has 0 spiro atoms. The minimum absolute atomic E-state index is 0.883. The van der Waals surface area contributed by atoms with Gasteiger partial charge in [-0.2, -0.15) is 0 Å². The third-order valence-corrected chi connectivity index (χ3v) is 3.37. The molecular formula is C16H16N2. The molecule has 0 radical (unpaired) electrons. The Kier molecular flexibility index (Phi) is 2.63. The van der Waals surface area contributed by atoms with Crippen LogP contribution in [-0.2, 0) is 6.54 Å². The van der Waals surface area contributed by atoms with Crippen molar-refractivity contribution in [2.75, 3.05) is 0 Å². The number of fused-ring (bicyclic) bond motifs is 1. The molecule has 90 valence electrons. The molecule has 1 heterocycles. The average Bonchev–Trinajstić information content (AvgIpc) is 2.78. The monoisotopic (exact) mass is 236 g/mol. The first-order valence-electron chi connectivity index (χ1n) is 6.20. The van der Waals surface area contributed by atoms with Gasteiger partial charge in [0.25, 0.3) is 0 Å². The van der Waals surface area contributed by atoms with Crippen LogP contribution in [0.1, 0.15) is 16.7 Å². The van der Waals surface area contributed by atoms with Gasteiger partial charge in [-0.25, -0.2) is 4.98 Å². The smallest absolute Gasteiger partial charge is 0.0961 e. The summed E-state index contributed by atoms with van der Waals surface area (Å²) in [6.07, 6.45) is 1.92. The summed E-state index contributed by atoms with van der Waals surface area (Å²) in [7, 11) is 0. The highest BCUT2D eigenvalue weighted by molar-refractivity contribution is 5.75. The Morgan fingerprint density at radius 1 is 1.06 bits per heavy atom. The van der Waals surface area contributed by atoms with Crippen molar-refractivity contribution in [3.8, 4) is 0 Å². The highest BCUT2D eigenvalue weighted by atomic mass is 15.0. The van der Waals surface area contributed by atoms with Crippen molar-refractivity contribution in [1.29, 1.82) is 0 Å². The van der Waals surface area contributed by atoms with Crippen LogP contribution in [-0.4, -0.2) is 9.55 Å². The third kappa shape index (κ3) is 1.90. The maximum absolute atomic E-state index is 4.43. The molecule has 0 saturated heterocycles. The second kappa shape index (κ2) is 4.30. The number of rotatable bonds is 2. The van der Waals surface area contributed by atoms with Crippen LogP contribution in [0, 0.1) is 13.8 Å². The van der Waals surface area contributed by atoms with Gasteiger partial charge in [0.2, 0.25) is 0 Å². The second-order valence-electron chi connectivity index (χ2n) is 4.79. The SMILES string of the molecule is Cc1ccc(C)c(Cn2cnc3ccccc32)c1. The first-order valence-corrected chi connectivity index (χ1v) is 6.20. The summed E-state index contributed by atoms with van der Waals surface area (Å²) in [5.74, 6) is 0. The van der Waals surface area contributed by atoms with E-state index >= 15 is 0 Å². The van der Waals surface area contributed by atoms with Crippen molar-refractivity contribution in [2.24, 2.45) is 0 Å². The van der Waals surface area contributed by atoms with E-state index in [1.54, 1.807) is 0 Å². The molecule has 0 fully saturated rings. The number of benzene rings is 2. The lowest BCUT2D eigenvalue weighted by Gasteiger charge is -2.09. The van der Waals surface area contributed by atoms with Gasteiger partial charge in [-0.1, -0.05) is 35.9 Å². The molecule has 0 aliphatic rings. The summed E-state index contributed by atoms with van der Waals surface area (Å²) in [5.41, 5.74) is 6.25. The van der Waals surface area contributed by atoms with Gasteiger partial charge in [0, 0.05) is 6.54 Å². The number of hydrogen-bond acceptors (Lipinski definition) is 1. The van der Waals surface area contributed by atoms with Gasteiger partial charge in [0.1, 0.15) is 0 Å². The van der Waals surface area contributed by atoms with Crippen LogP contribution in [0.25, 0.3) is 11.0 Å². The Morgan fingerprint density at radius 2 is 1.89 bits per heavy atom. The van der Waals surface area contributed by atoms with Crippen molar-refractivity contribution in [3.05, 3.63) is 65.5 Å². The molecule has 0 aliphatic heterocycles. The fraction of sp³-hybridized carbons (Fsp3) is 0.188. The maximum atomic E-state index is 4.43. The van der Waals surface area contributed by atoms with E-state index in [2.05, 4.69) is 59.8 Å². The van der Waals surface area contributed by atoms with Crippen LogP contribution in [0.3, 0.4) is 0 Å². The lowest BCUT2D eigenvalue weighted by Crippen LogP contribution is -2.00. The summed E-state index contributed by atoms with van der Waals surface area (Å²) in [6, 6.07) is 14.8. The molecule has 0 saturated carbocycles. The summed E-state index contributed by atoms with van der Waals surface area (Å²) >= 11 is 0. The quantitative estimate of drug-likeness (QED) is 0.663. The Hall–Kier alpha value is -2.09.